The number of carbonyl (C=O) groups is 2. The highest BCUT2D eigenvalue weighted by Gasteiger charge is 2.13. The van der Waals surface area contributed by atoms with Gasteiger partial charge in [-0.05, 0) is 103 Å². The zero-order valence-corrected chi connectivity index (χ0v) is 31.0. The van der Waals surface area contributed by atoms with Crippen LogP contribution in [0.4, 0.5) is 0 Å². The maximum atomic E-state index is 10.9. The Balaban J connectivity index is 0. The number of allylic oxidation sites excluding steroid dienone is 18. The lowest BCUT2D eigenvalue weighted by atomic mass is 10.0. The molecule has 0 aliphatic rings. The van der Waals surface area contributed by atoms with Gasteiger partial charge in [-0.2, -0.15) is 0 Å². The molecule has 0 spiro atoms. The van der Waals surface area contributed by atoms with Crippen molar-refractivity contribution in [1.29, 1.82) is 0 Å². The molecule has 0 amide bonds. The molecule has 0 fully saturated rings. The first-order valence-electron chi connectivity index (χ1n) is 18.7. The van der Waals surface area contributed by atoms with E-state index in [0.717, 1.165) is 77.0 Å². The van der Waals surface area contributed by atoms with E-state index < -0.39 is 11.9 Å². The van der Waals surface area contributed by atoms with Gasteiger partial charge in [0, 0.05) is 0 Å². The van der Waals surface area contributed by atoms with Crippen molar-refractivity contribution in [3.63, 3.8) is 0 Å². The third-order valence-electron chi connectivity index (χ3n) is 7.66. The van der Waals surface area contributed by atoms with E-state index in [0.29, 0.717) is 12.8 Å². The molecule has 0 aliphatic carbocycles. The molecule has 0 radical (unpaired) electrons. The fourth-order valence-electron chi connectivity index (χ4n) is 4.53. The Kier molecular flexibility index (Phi) is 38.7. The molecule has 4 heteroatoms. The van der Waals surface area contributed by atoms with Crippen LogP contribution in [0, 0.1) is 11.8 Å². The van der Waals surface area contributed by atoms with Gasteiger partial charge in [0.25, 0.3) is 0 Å². The van der Waals surface area contributed by atoms with Crippen LogP contribution in [0.15, 0.2) is 109 Å². The van der Waals surface area contributed by atoms with E-state index in [1.807, 2.05) is 13.8 Å². The molecule has 0 aromatic carbocycles. The minimum Gasteiger partial charge on any atom is -0.481 e. The highest BCUT2D eigenvalue weighted by molar-refractivity contribution is 5.70. The van der Waals surface area contributed by atoms with Crippen LogP contribution in [-0.4, -0.2) is 22.2 Å². The van der Waals surface area contributed by atoms with Crippen molar-refractivity contribution >= 4 is 11.9 Å². The van der Waals surface area contributed by atoms with Crippen LogP contribution in [-0.2, 0) is 9.59 Å². The van der Waals surface area contributed by atoms with Crippen LogP contribution >= 0.6 is 0 Å². The van der Waals surface area contributed by atoms with Gasteiger partial charge in [-0.3, -0.25) is 9.59 Å². The second-order valence-electron chi connectivity index (χ2n) is 11.8. The lowest BCUT2D eigenvalue weighted by Crippen LogP contribution is -2.11. The van der Waals surface area contributed by atoms with Gasteiger partial charge in [-0.1, -0.05) is 150 Å². The molecule has 0 rings (SSSR count). The van der Waals surface area contributed by atoms with E-state index in [1.54, 1.807) is 0 Å². The van der Waals surface area contributed by atoms with Crippen LogP contribution in [0.2, 0.25) is 0 Å². The minimum atomic E-state index is -0.676. The van der Waals surface area contributed by atoms with E-state index >= 15 is 0 Å². The van der Waals surface area contributed by atoms with E-state index in [1.165, 1.54) is 25.7 Å². The maximum Gasteiger partial charge on any atom is 0.306 e. The molecular formula is C44H70O4. The first-order chi connectivity index (χ1) is 23.4. The SMILES string of the molecule is CC/C=C\C/C=C\C/C=C\C/C=C\C/C=C\CCC(CC)C(=O)O.CCCCC/C=C\C/C=C\C/C=C\C/C=C\CCC(CC)C(=O)O. The second-order valence-corrected chi connectivity index (χ2v) is 11.8. The molecule has 0 saturated carbocycles. The van der Waals surface area contributed by atoms with Crippen LogP contribution < -0.4 is 0 Å². The lowest BCUT2D eigenvalue weighted by Gasteiger charge is -2.06. The Labute approximate surface area is 295 Å². The average Bonchev–Trinajstić information content (AvgIpc) is 3.07. The standard InChI is InChI=1S/C22H36O2.C22H34O2/c2*1-3-5-6-7-8-9-10-11-12-13-14-15-16-17-18-19-20-21(4-2)22(23)24/h8-9,11-12,14-15,17-18,21H,3-7,10,13,16,19-20H2,1-2H3,(H,23,24);5-6,8-9,11-12,14-15,17-18,21H,3-4,7,10,13,16,19-20H2,1-2H3,(H,23,24)/b9-8-,12-11-,15-14-,18-17-;6-5-,9-8-,12-11-,15-14-,18-17-. The average molecular weight is 663 g/mol. The summed E-state index contributed by atoms with van der Waals surface area (Å²) >= 11 is 0. The molecule has 4 nitrogen and oxygen atoms in total. The second kappa shape index (κ2) is 39.8. The zero-order valence-electron chi connectivity index (χ0n) is 31.0. The summed E-state index contributed by atoms with van der Waals surface area (Å²) in [5.74, 6) is -1.75. The Morgan fingerprint density at radius 1 is 0.417 bits per heavy atom. The van der Waals surface area contributed by atoms with Crippen molar-refractivity contribution in [3.8, 4) is 0 Å². The Morgan fingerprint density at radius 2 is 0.708 bits per heavy atom. The van der Waals surface area contributed by atoms with Crippen molar-refractivity contribution in [2.45, 2.75) is 143 Å². The van der Waals surface area contributed by atoms with Gasteiger partial charge < -0.3 is 10.2 Å². The summed E-state index contributed by atoms with van der Waals surface area (Å²) in [6, 6.07) is 0. The summed E-state index contributed by atoms with van der Waals surface area (Å²) < 4.78 is 0. The van der Waals surface area contributed by atoms with Gasteiger partial charge >= 0.3 is 11.9 Å². The number of rotatable bonds is 29. The number of carboxylic acids is 2. The first kappa shape index (κ1) is 46.7. The van der Waals surface area contributed by atoms with E-state index in [-0.39, 0.29) is 11.8 Å². The Morgan fingerprint density at radius 3 is 0.979 bits per heavy atom. The summed E-state index contributed by atoms with van der Waals surface area (Å²) in [4.78, 5) is 21.7. The van der Waals surface area contributed by atoms with Gasteiger partial charge in [0.05, 0.1) is 11.8 Å². The van der Waals surface area contributed by atoms with Crippen molar-refractivity contribution in [1.82, 2.24) is 0 Å². The predicted molar refractivity (Wildman–Crippen MR) is 210 cm³/mol. The number of unbranched alkanes of at least 4 members (excludes halogenated alkanes) is 3. The van der Waals surface area contributed by atoms with Gasteiger partial charge in [0.1, 0.15) is 0 Å². The molecule has 2 atom stereocenters. The molecule has 0 saturated heterocycles. The summed E-state index contributed by atoms with van der Waals surface area (Å²) in [5.41, 5.74) is 0. The molecule has 270 valence electrons. The van der Waals surface area contributed by atoms with Crippen LogP contribution in [0.5, 0.6) is 0 Å². The third kappa shape index (κ3) is 37.1. The van der Waals surface area contributed by atoms with E-state index in [9.17, 15) is 9.59 Å². The van der Waals surface area contributed by atoms with Crippen molar-refractivity contribution in [3.05, 3.63) is 109 Å². The first-order valence-corrected chi connectivity index (χ1v) is 18.7. The fourth-order valence-corrected chi connectivity index (χ4v) is 4.53. The third-order valence-corrected chi connectivity index (χ3v) is 7.66. The smallest absolute Gasteiger partial charge is 0.306 e. The van der Waals surface area contributed by atoms with E-state index in [4.69, 9.17) is 10.2 Å². The highest BCUT2D eigenvalue weighted by Crippen LogP contribution is 2.12. The molecule has 0 bridgehead atoms. The molecule has 48 heavy (non-hydrogen) atoms. The number of hydrogen-bond donors (Lipinski definition) is 2. The molecule has 0 aromatic heterocycles. The van der Waals surface area contributed by atoms with Crippen LogP contribution in [0.1, 0.15) is 143 Å². The van der Waals surface area contributed by atoms with Crippen LogP contribution in [0.3, 0.4) is 0 Å². The Bertz CT molecular complexity index is 1000. The predicted octanol–water partition coefficient (Wildman–Crippen LogP) is 13.5. The largest absolute Gasteiger partial charge is 0.481 e. The lowest BCUT2D eigenvalue weighted by molar-refractivity contribution is -0.143. The molecule has 0 aliphatic heterocycles. The highest BCUT2D eigenvalue weighted by atomic mass is 16.4. The zero-order chi connectivity index (χ0) is 35.8. The number of carboxylic acid groups (broad SMARTS) is 2. The maximum absolute atomic E-state index is 10.9. The monoisotopic (exact) mass is 663 g/mol. The molecule has 0 heterocycles. The van der Waals surface area contributed by atoms with Crippen LogP contribution in [0.25, 0.3) is 0 Å². The van der Waals surface area contributed by atoms with Gasteiger partial charge in [-0.15, -0.1) is 0 Å². The van der Waals surface area contributed by atoms with E-state index in [2.05, 4.69) is 123 Å². The molecular weight excluding hydrogens is 592 g/mol. The normalized spacial score (nSPS) is 13.9. The molecule has 2 unspecified atom stereocenters. The summed E-state index contributed by atoms with van der Waals surface area (Å²) in [5, 5.41) is 17.9. The summed E-state index contributed by atoms with van der Waals surface area (Å²) in [6.07, 6.45) is 56.9. The van der Waals surface area contributed by atoms with Crippen molar-refractivity contribution < 1.29 is 19.8 Å². The fraction of sp³-hybridized carbons (Fsp3) is 0.545. The van der Waals surface area contributed by atoms with Gasteiger partial charge in [0.15, 0.2) is 0 Å². The molecule has 2 N–H and O–H groups in total. The Hall–Kier alpha value is -3.40. The molecule has 0 aromatic rings. The number of hydrogen-bond acceptors (Lipinski definition) is 2. The summed E-state index contributed by atoms with van der Waals surface area (Å²) in [7, 11) is 0. The number of aliphatic carboxylic acids is 2. The topological polar surface area (TPSA) is 74.6 Å². The van der Waals surface area contributed by atoms with Crippen molar-refractivity contribution in [2.24, 2.45) is 11.8 Å². The van der Waals surface area contributed by atoms with Crippen molar-refractivity contribution in [2.75, 3.05) is 0 Å². The van der Waals surface area contributed by atoms with Gasteiger partial charge in [0.2, 0.25) is 0 Å². The summed E-state index contributed by atoms with van der Waals surface area (Å²) in [6.45, 7) is 8.24. The minimum absolute atomic E-state index is 0.198. The quantitative estimate of drug-likeness (QED) is 0.0617. The van der Waals surface area contributed by atoms with Gasteiger partial charge in [-0.25, -0.2) is 0 Å².